The average molecular weight is 1160 g/mol. The molecule has 27 heteroatoms. The maximum absolute atomic E-state index is 14.8. The molecule has 1 aliphatic rings. The molecule has 1 aliphatic heterocycles. The molecule has 0 aromatic heterocycles. The number of nitrogens with one attached hydrogen (secondary N) is 7. The van der Waals surface area contributed by atoms with E-state index in [4.69, 9.17) is 40.3 Å². The minimum absolute atomic E-state index is 0.0241. The molecule has 80 heavy (non-hydrogen) atoms. The number of rotatable bonds is 19. The summed E-state index contributed by atoms with van der Waals surface area (Å²) in [6.07, 6.45) is -1.66. The molecule has 0 spiro atoms. The van der Waals surface area contributed by atoms with E-state index in [0.717, 1.165) is 21.6 Å². The van der Waals surface area contributed by atoms with E-state index >= 15 is 0 Å². The number of nitrogens with zero attached hydrogens (tertiary/aromatic N) is 1. The molecule has 24 nitrogen and oxygen atoms in total. The fourth-order valence-electron chi connectivity index (χ4n) is 8.06. The lowest BCUT2D eigenvalue weighted by atomic mass is 10.0. The van der Waals surface area contributed by atoms with Gasteiger partial charge in [0.05, 0.1) is 24.2 Å². The van der Waals surface area contributed by atoms with Crippen LogP contribution in [0.15, 0.2) is 102 Å². The second-order valence-corrected chi connectivity index (χ2v) is 22.0. The number of phenols is 2. The van der Waals surface area contributed by atoms with E-state index in [2.05, 4.69) is 42.2 Å². The third-order valence-corrected chi connectivity index (χ3v) is 15.3. The number of aliphatic imine (C=N–C) groups is 1. The molecule has 1 heterocycles. The van der Waals surface area contributed by atoms with Crippen molar-refractivity contribution in [2.75, 3.05) is 24.6 Å². The summed E-state index contributed by atoms with van der Waals surface area (Å²) in [5.41, 5.74) is 31.0. The number of aliphatic hydroxyl groups excluding tert-OH is 1. The first kappa shape index (κ1) is 63.2. The highest BCUT2D eigenvalue weighted by Gasteiger charge is 2.35. The molecular formula is C53H68ClN13O11S2. The number of hydrogen-bond acceptors (Lipinski definition) is 16. The Morgan fingerprint density at radius 3 is 1.74 bits per heavy atom. The van der Waals surface area contributed by atoms with E-state index in [-0.39, 0.29) is 86.1 Å². The normalized spacial score (nSPS) is 20.9. The number of benzene rings is 4. The highest BCUT2D eigenvalue weighted by atomic mass is 35.5. The summed E-state index contributed by atoms with van der Waals surface area (Å²) in [4.78, 5) is 115. The summed E-state index contributed by atoms with van der Waals surface area (Å²) in [5, 5.41) is 50.9. The van der Waals surface area contributed by atoms with Crippen molar-refractivity contribution in [1.29, 1.82) is 0 Å². The Kier molecular flexibility index (Phi) is 24.7. The minimum atomic E-state index is -1.49. The second-order valence-electron chi connectivity index (χ2n) is 19.0. The Balaban J connectivity index is 1.57. The number of halogens is 1. The highest BCUT2D eigenvalue weighted by Crippen LogP contribution is 2.24. The molecule has 5 rings (SSSR count). The first-order valence-electron chi connectivity index (χ1n) is 25.3. The van der Waals surface area contributed by atoms with E-state index in [9.17, 15) is 53.7 Å². The van der Waals surface area contributed by atoms with Crippen LogP contribution in [0.4, 0.5) is 0 Å². The molecule has 430 valence electrons. The van der Waals surface area contributed by atoms with Gasteiger partial charge in [0.2, 0.25) is 47.3 Å². The van der Waals surface area contributed by atoms with Crippen LogP contribution >= 0.6 is 33.2 Å². The van der Waals surface area contributed by atoms with E-state index in [1.807, 2.05) is 0 Å². The van der Waals surface area contributed by atoms with Crippen LogP contribution in [0.1, 0.15) is 52.4 Å². The SMILES string of the molecule is C[C@@H](O)[C@H]1CN[C@H](C(=O)NC(Cc2ccc(O)cc2)C(N)=O)CSSC[C@@H](NC(=O)[C@@H](N)Cc2ccc(Cl)cc2)C(=O)N[C@@H](Cc2ccc(O)cc2)C(=O)N[C@H](Cc2ccc(C(N)=O)cc2)C(=O)N[C@@H](CCCN=C(N)N)C(=O)N1. The Bertz CT molecular complexity index is 2800. The molecule has 20 N–H and O–H groups in total. The zero-order chi connectivity index (χ0) is 58.5. The third kappa shape index (κ3) is 20.9. The number of carbonyl (C=O) groups excluding carboxylic acids is 8. The topological polar surface area (TPSA) is 424 Å². The number of guanidine groups is 1. The number of amides is 8. The van der Waals surface area contributed by atoms with E-state index in [1.54, 1.807) is 36.4 Å². The number of hydrogen-bond donors (Lipinski definition) is 15. The van der Waals surface area contributed by atoms with Crippen molar-refractivity contribution in [3.63, 3.8) is 0 Å². The molecular weight excluding hydrogens is 1090 g/mol. The van der Waals surface area contributed by atoms with Gasteiger partial charge in [0, 0.05) is 54.4 Å². The number of carbonyl (C=O) groups is 8. The molecule has 0 radical (unpaired) electrons. The number of phenolic OH excluding ortho intramolecular Hbond substituents is 2. The van der Waals surface area contributed by atoms with Gasteiger partial charge in [-0.1, -0.05) is 81.7 Å². The maximum atomic E-state index is 14.8. The molecule has 1 unspecified atom stereocenters. The van der Waals surface area contributed by atoms with Crippen molar-refractivity contribution in [3.05, 3.63) is 130 Å². The Hall–Kier alpha value is -7.62. The first-order valence-corrected chi connectivity index (χ1v) is 28.2. The lowest BCUT2D eigenvalue weighted by Gasteiger charge is -2.29. The fraction of sp³-hybridized carbons (Fsp3) is 0.377. The molecule has 1 fully saturated rings. The van der Waals surface area contributed by atoms with Crippen molar-refractivity contribution in [2.24, 2.45) is 33.7 Å². The predicted octanol–water partition coefficient (Wildman–Crippen LogP) is -1.37. The number of primary amides is 2. The smallest absolute Gasteiger partial charge is 0.248 e. The zero-order valence-corrected chi connectivity index (χ0v) is 46.0. The largest absolute Gasteiger partial charge is 0.508 e. The Labute approximate surface area is 474 Å². The van der Waals surface area contributed by atoms with Gasteiger partial charge in [-0.15, -0.1) is 0 Å². The molecule has 9 atom stereocenters. The molecule has 0 bridgehead atoms. The zero-order valence-electron chi connectivity index (χ0n) is 43.6. The van der Waals surface area contributed by atoms with Crippen LogP contribution < -0.4 is 65.9 Å². The van der Waals surface area contributed by atoms with Gasteiger partial charge in [-0.05, 0) is 97.0 Å². The van der Waals surface area contributed by atoms with E-state index in [1.165, 1.54) is 67.6 Å². The lowest BCUT2D eigenvalue weighted by Crippen LogP contribution is -2.61. The Morgan fingerprint density at radius 2 is 1.19 bits per heavy atom. The minimum Gasteiger partial charge on any atom is -0.508 e. The lowest BCUT2D eigenvalue weighted by molar-refractivity contribution is -0.134. The molecule has 4 aromatic carbocycles. The molecule has 8 amide bonds. The maximum Gasteiger partial charge on any atom is 0.248 e. The molecule has 0 aliphatic carbocycles. The van der Waals surface area contributed by atoms with Gasteiger partial charge in [0.25, 0.3) is 0 Å². The van der Waals surface area contributed by atoms with Gasteiger partial charge >= 0.3 is 0 Å². The van der Waals surface area contributed by atoms with Gasteiger partial charge < -0.3 is 81.2 Å². The van der Waals surface area contributed by atoms with Crippen LogP contribution in [0, 0.1) is 0 Å². The summed E-state index contributed by atoms with van der Waals surface area (Å²) in [6, 6.07) is 13.7. The van der Waals surface area contributed by atoms with Crippen molar-refractivity contribution in [1.82, 2.24) is 37.2 Å². The van der Waals surface area contributed by atoms with Crippen LogP contribution in [0.25, 0.3) is 0 Å². The van der Waals surface area contributed by atoms with E-state index < -0.39 is 102 Å². The molecule has 1 saturated heterocycles. The first-order chi connectivity index (χ1) is 38.0. The summed E-state index contributed by atoms with van der Waals surface area (Å²) >= 11 is 6.08. The monoisotopic (exact) mass is 1160 g/mol. The summed E-state index contributed by atoms with van der Waals surface area (Å²) in [5.74, 6) is -7.07. The van der Waals surface area contributed by atoms with Gasteiger partial charge in [-0.3, -0.25) is 43.3 Å². The highest BCUT2D eigenvalue weighted by molar-refractivity contribution is 8.76. The number of aliphatic hydroxyl groups is 1. The Morgan fingerprint density at radius 1 is 0.688 bits per heavy atom. The third-order valence-electron chi connectivity index (χ3n) is 12.6. The van der Waals surface area contributed by atoms with Crippen LogP contribution in [0.5, 0.6) is 11.5 Å². The average Bonchev–Trinajstić information content (AvgIpc) is 3.41. The second kappa shape index (κ2) is 31.2. The van der Waals surface area contributed by atoms with Crippen molar-refractivity contribution in [3.8, 4) is 11.5 Å². The molecule has 0 saturated carbocycles. The number of nitrogens with two attached hydrogens (primary N) is 5. The quantitative estimate of drug-likeness (QED) is 0.0223. The van der Waals surface area contributed by atoms with Crippen LogP contribution in [-0.4, -0.2) is 148 Å². The van der Waals surface area contributed by atoms with Gasteiger partial charge in [0.1, 0.15) is 41.7 Å². The standard InChI is InChI=1S/C53H68ClN13O11S2/c1-28(68)42-25-61-43(51(77)63-39(46(57)72)22-31-8-16-35(69)17-9-31)26-79-80-27-44(67-47(73)37(55)21-29-6-14-34(54)15-7-29)52(78)65-41(24-32-10-18-36(70)19-11-32)50(76)64-40(23-30-4-12-33(13-5-30)45(56)71)49(75)62-38(48(74)66-42)3-2-20-60-53(58)59/h4-19,28,37-44,61,68-70H,2-3,20-27,55H2,1H3,(H2,56,71)(H2,57,72)(H,62,75)(H,63,77)(H,64,76)(H,65,78)(H,66,74)(H,67,73)(H4,58,59,60)/t28-,37+,38+,39?,40-,41+,42-,43+,44-/m1/s1. The van der Waals surface area contributed by atoms with Crippen molar-refractivity contribution in [2.45, 2.75) is 99.9 Å². The van der Waals surface area contributed by atoms with Crippen LogP contribution in [-0.2, 0) is 59.2 Å². The van der Waals surface area contributed by atoms with Gasteiger partial charge in [0.15, 0.2) is 5.96 Å². The predicted molar refractivity (Wildman–Crippen MR) is 304 cm³/mol. The van der Waals surface area contributed by atoms with Gasteiger partial charge in [-0.25, -0.2) is 0 Å². The van der Waals surface area contributed by atoms with Crippen LogP contribution in [0.3, 0.4) is 0 Å². The summed E-state index contributed by atoms with van der Waals surface area (Å²) in [7, 11) is 2.13. The van der Waals surface area contributed by atoms with Crippen LogP contribution in [0.2, 0.25) is 5.02 Å². The fourth-order valence-corrected chi connectivity index (χ4v) is 10.6. The van der Waals surface area contributed by atoms with Crippen molar-refractivity contribution >= 4 is 86.4 Å². The van der Waals surface area contributed by atoms with Crippen molar-refractivity contribution < 1.29 is 53.7 Å². The summed E-state index contributed by atoms with van der Waals surface area (Å²) < 4.78 is 0. The summed E-state index contributed by atoms with van der Waals surface area (Å²) in [6.45, 7) is 1.16. The number of aromatic hydroxyl groups is 2. The van der Waals surface area contributed by atoms with E-state index in [0.29, 0.717) is 27.3 Å². The molecule has 4 aromatic rings. The van der Waals surface area contributed by atoms with Gasteiger partial charge in [-0.2, -0.15) is 0 Å².